The highest BCUT2D eigenvalue weighted by molar-refractivity contribution is 6.32. The summed E-state index contributed by atoms with van der Waals surface area (Å²) in [4.78, 5) is 4.75. The number of aromatic hydroxyl groups is 1. The molecule has 0 aromatic heterocycles. The molecule has 4 heteroatoms. The SMILES string of the molecule is CCO/N=C/c1cccc(Cl)c1O. The zero-order chi connectivity index (χ0) is 9.68. The van der Waals surface area contributed by atoms with E-state index in [2.05, 4.69) is 5.16 Å². The maximum absolute atomic E-state index is 9.42. The smallest absolute Gasteiger partial charge is 0.143 e. The molecule has 0 bridgehead atoms. The van der Waals surface area contributed by atoms with Gasteiger partial charge in [0.15, 0.2) is 0 Å². The Morgan fingerprint density at radius 1 is 1.62 bits per heavy atom. The number of hydrogen-bond donors (Lipinski definition) is 1. The lowest BCUT2D eigenvalue weighted by Gasteiger charge is -1.99. The third kappa shape index (κ3) is 2.63. The van der Waals surface area contributed by atoms with E-state index in [1.165, 1.54) is 6.21 Å². The van der Waals surface area contributed by atoms with Crippen molar-refractivity contribution in [2.24, 2.45) is 5.16 Å². The first-order valence-corrected chi connectivity index (χ1v) is 4.26. The summed E-state index contributed by atoms with van der Waals surface area (Å²) in [6.07, 6.45) is 1.42. The van der Waals surface area contributed by atoms with Crippen molar-refractivity contribution in [2.45, 2.75) is 6.92 Å². The summed E-state index contributed by atoms with van der Waals surface area (Å²) in [6.45, 7) is 2.33. The minimum absolute atomic E-state index is 0.0209. The Kier molecular flexibility index (Phi) is 3.58. The second-order valence-corrected chi connectivity index (χ2v) is 2.74. The molecule has 0 amide bonds. The predicted molar refractivity (Wildman–Crippen MR) is 52.3 cm³/mol. The van der Waals surface area contributed by atoms with Crippen LogP contribution in [0, 0.1) is 0 Å². The van der Waals surface area contributed by atoms with Crippen molar-refractivity contribution in [3.05, 3.63) is 28.8 Å². The van der Waals surface area contributed by atoms with Gasteiger partial charge in [0, 0.05) is 5.56 Å². The fourth-order valence-electron chi connectivity index (χ4n) is 0.805. The number of oxime groups is 1. The van der Waals surface area contributed by atoms with Gasteiger partial charge in [-0.1, -0.05) is 22.8 Å². The zero-order valence-electron chi connectivity index (χ0n) is 7.20. The maximum atomic E-state index is 9.42. The summed E-state index contributed by atoms with van der Waals surface area (Å²) >= 11 is 5.67. The van der Waals surface area contributed by atoms with Crippen LogP contribution in [0.3, 0.4) is 0 Å². The molecule has 0 atom stereocenters. The number of nitrogens with zero attached hydrogens (tertiary/aromatic N) is 1. The van der Waals surface area contributed by atoms with Crippen LogP contribution in [0.15, 0.2) is 23.4 Å². The van der Waals surface area contributed by atoms with Gasteiger partial charge in [-0.15, -0.1) is 0 Å². The Labute approximate surface area is 81.6 Å². The molecule has 0 saturated heterocycles. The minimum atomic E-state index is 0.0209. The third-order valence-electron chi connectivity index (χ3n) is 1.41. The molecule has 0 spiro atoms. The van der Waals surface area contributed by atoms with Crippen LogP contribution in [0.25, 0.3) is 0 Å². The number of rotatable bonds is 3. The van der Waals surface area contributed by atoms with Gasteiger partial charge in [-0.25, -0.2) is 0 Å². The highest BCUT2D eigenvalue weighted by atomic mass is 35.5. The molecule has 0 aliphatic heterocycles. The van der Waals surface area contributed by atoms with E-state index in [0.29, 0.717) is 17.2 Å². The number of hydrogen-bond acceptors (Lipinski definition) is 3. The Morgan fingerprint density at radius 3 is 3.08 bits per heavy atom. The fourth-order valence-corrected chi connectivity index (χ4v) is 0.987. The van der Waals surface area contributed by atoms with Crippen LogP contribution in [0.2, 0.25) is 5.02 Å². The van der Waals surface area contributed by atoms with Crippen molar-refractivity contribution in [3.63, 3.8) is 0 Å². The van der Waals surface area contributed by atoms with Crippen molar-refractivity contribution < 1.29 is 9.94 Å². The van der Waals surface area contributed by atoms with E-state index >= 15 is 0 Å². The number of phenols is 1. The van der Waals surface area contributed by atoms with Gasteiger partial charge in [0.1, 0.15) is 12.4 Å². The van der Waals surface area contributed by atoms with Crippen LogP contribution < -0.4 is 0 Å². The number of halogens is 1. The molecule has 0 aliphatic carbocycles. The monoisotopic (exact) mass is 199 g/mol. The molecule has 13 heavy (non-hydrogen) atoms. The average Bonchev–Trinajstić information content (AvgIpc) is 2.13. The van der Waals surface area contributed by atoms with E-state index in [1.54, 1.807) is 18.2 Å². The predicted octanol–water partition coefficient (Wildman–Crippen LogP) is 2.42. The molecule has 0 fully saturated rings. The summed E-state index contributed by atoms with van der Waals surface area (Å²) in [5.41, 5.74) is 0.543. The minimum Gasteiger partial charge on any atom is -0.506 e. The average molecular weight is 200 g/mol. The van der Waals surface area contributed by atoms with Crippen LogP contribution in [0.5, 0.6) is 5.75 Å². The van der Waals surface area contributed by atoms with E-state index in [-0.39, 0.29) is 5.75 Å². The Hall–Kier alpha value is -1.22. The first-order valence-electron chi connectivity index (χ1n) is 3.88. The summed E-state index contributed by atoms with van der Waals surface area (Å²) in [5, 5.41) is 13.3. The molecule has 1 rings (SSSR count). The zero-order valence-corrected chi connectivity index (χ0v) is 7.95. The molecule has 70 valence electrons. The fraction of sp³-hybridized carbons (Fsp3) is 0.222. The van der Waals surface area contributed by atoms with Crippen LogP contribution in [-0.2, 0) is 4.84 Å². The quantitative estimate of drug-likeness (QED) is 0.600. The van der Waals surface area contributed by atoms with Crippen LogP contribution >= 0.6 is 11.6 Å². The van der Waals surface area contributed by atoms with Crippen molar-refractivity contribution in [1.82, 2.24) is 0 Å². The van der Waals surface area contributed by atoms with Crippen LogP contribution in [0.4, 0.5) is 0 Å². The van der Waals surface area contributed by atoms with E-state index < -0.39 is 0 Å². The van der Waals surface area contributed by atoms with Gasteiger partial charge >= 0.3 is 0 Å². The lowest BCUT2D eigenvalue weighted by atomic mass is 10.2. The third-order valence-corrected chi connectivity index (χ3v) is 1.72. The Bertz CT molecular complexity index is 312. The molecule has 0 radical (unpaired) electrons. The lowest BCUT2D eigenvalue weighted by Crippen LogP contribution is -1.85. The summed E-state index contributed by atoms with van der Waals surface area (Å²) < 4.78 is 0. The molecule has 0 unspecified atom stereocenters. The first kappa shape index (κ1) is 9.86. The molecule has 3 nitrogen and oxygen atoms in total. The van der Waals surface area contributed by atoms with Crippen molar-refractivity contribution in [3.8, 4) is 5.75 Å². The maximum Gasteiger partial charge on any atom is 0.143 e. The van der Waals surface area contributed by atoms with Gasteiger partial charge in [-0.3, -0.25) is 0 Å². The summed E-state index contributed by atoms with van der Waals surface area (Å²) in [7, 11) is 0. The first-order chi connectivity index (χ1) is 6.25. The van der Waals surface area contributed by atoms with Gasteiger partial charge in [-0.05, 0) is 19.1 Å². The molecule has 1 N–H and O–H groups in total. The van der Waals surface area contributed by atoms with Gasteiger partial charge in [0.05, 0.1) is 11.2 Å². The highest BCUT2D eigenvalue weighted by Gasteiger charge is 2.01. The van der Waals surface area contributed by atoms with Gasteiger partial charge < -0.3 is 9.94 Å². The normalized spacial score (nSPS) is 10.6. The number of phenolic OH excluding ortho intramolecular Hbond substituents is 1. The lowest BCUT2D eigenvalue weighted by molar-refractivity contribution is 0.160. The van der Waals surface area contributed by atoms with Gasteiger partial charge in [-0.2, -0.15) is 0 Å². The van der Waals surface area contributed by atoms with Crippen molar-refractivity contribution in [1.29, 1.82) is 0 Å². The standard InChI is InChI=1S/C9H10ClNO2/c1-2-13-11-6-7-4-3-5-8(10)9(7)12/h3-6,12H,2H2,1H3/b11-6+. The second-order valence-electron chi connectivity index (χ2n) is 2.33. The second kappa shape index (κ2) is 4.72. The largest absolute Gasteiger partial charge is 0.506 e. The van der Waals surface area contributed by atoms with E-state index in [9.17, 15) is 5.11 Å². The molecular formula is C9H10ClNO2. The summed E-state index contributed by atoms with van der Waals surface area (Å²) in [6, 6.07) is 5.04. The van der Waals surface area contributed by atoms with E-state index in [0.717, 1.165) is 0 Å². The van der Waals surface area contributed by atoms with Crippen molar-refractivity contribution >= 4 is 17.8 Å². The molecule has 1 aromatic rings. The number of para-hydroxylation sites is 1. The van der Waals surface area contributed by atoms with Gasteiger partial charge in [0.25, 0.3) is 0 Å². The van der Waals surface area contributed by atoms with Crippen LogP contribution in [0.1, 0.15) is 12.5 Å². The Morgan fingerprint density at radius 2 is 2.38 bits per heavy atom. The topological polar surface area (TPSA) is 41.8 Å². The van der Waals surface area contributed by atoms with Crippen molar-refractivity contribution in [2.75, 3.05) is 6.61 Å². The van der Waals surface area contributed by atoms with E-state index in [1.807, 2.05) is 6.92 Å². The molecule has 0 saturated carbocycles. The van der Waals surface area contributed by atoms with E-state index in [4.69, 9.17) is 16.4 Å². The molecule has 1 aromatic carbocycles. The molecule has 0 aliphatic rings. The summed E-state index contributed by atoms with van der Waals surface area (Å²) in [5.74, 6) is 0.0209. The Balaban J connectivity index is 2.83. The highest BCUT2D eigenvalue weighted by Crippen LogP contribution is 2.25. The van der Waals surface area contributed by atoms with Crippen LogP contribution in [-0.4, -0.2) is 17.9 Å². The molecule has 0 heterocycles. The van der Waals surface area contributed by atoms with Gasteiger partial charge in [0.2, 0.25) is 0 Å². The number of benzene rings is 1. The molecular weight excluding hydrogens is 190 g/mol.